The number of alkyl halides is 12. The molecule has 0 amide bonds. The summed E-state index contributed by atoms with van der Waals surface area (Å²) in [7, 11) is 0. The van der Waals surface area contributed by atoms with Crippen LogP contribution in [0.4, 0.5) is 0 Å². The summed E-state index contributed by atoms with van der Waals surface area (Å²) in [6.07, 6.45) is 1.40. The molecule has 0 heterocycles. The minimum absolute atomic E-state index is 0.414. The summed E-state index contributed by atoms with van der Waals surface area (Å²) in [5.41, 5.74) is -1.05. The number of hydrogen-bond acceptors (Lipinski definition) is 0. The van der Waals surface area contributed by atoms with E-state index >= 15 is 0 Å². The van der Waals surface area contributed by atoms with Gasteiger partial charge in [0.05, 0.1) is 5.38 Å². The van der Waals surface area contributed by atoms with Gasteiger partial charge in [-0.1, -0.05) is 136 Å². The molecule has 12 heteroatoms. The minimum atomic E-state index is -2.26. The second kappa shape index (κ2) is 7.25. The predicted octanol–water partition coefficient (Wildman–Crippen LogP) is 9.28. The van der Waals surface area contributed by atoms with Crippen molar-refractivity contribution in [1.29, 1.82) is 0 Å². The average Bonchev–Trinajstić information content (AvgIpc) is 2.47. The van der Waals surface area contributed by atoms with E-state index in [9.17, 15) is 0 Å². The first kappa shape index (κ1) is 25.7. The lowest BCUT2D eigenvalue weighted by Crippen LogP contribution is -2.80. The van der Waals surface area contributed by atoms with Crippen LogP contribution in [0.5, 0.6) is 0 Å². The van der Waals surface area contributed by atoms with Crippen molar-refractivity contribution < 1.29 is 0 Å². The van der Waals surface area contributed by atoms with E-state index in [0.717, 1.165) is 0 Å². The van der Waals surface area contributed by atoms with Gasteiger partial charge in [-0.2, -0.15) is 0 Å². The average molecular weight is 608 g/mol. The van der Waals surface area contributed by atoms with Gasteiger partial charge in [0.1, 0.15) is 4.87 Å². The summed E-state index contributed by atoms with van der Waals surface area (Å²) in [4.78, 5) is -1.97. The molecule has 0 saturated heterocycles. The summed E-state index contributed by atoms with van der Waals surface area (Å²) in [5.74, 6) is -0.677. The van der Waals surface area contributed by atoms with Crippen LogP contribution in [0.2, 0.25) is 0 Å². The van der Waals surface area contributed by atoms with Crippen molar-refractivity contribution in [2.75, 3.05) is 0 Å². The molecule has 0 N–H and O–H groups in total. The van der Waals surface area contributed by atoms with Crippen LogP contribution in [0.3, 0.4) is 0 Å². The first-order valence-corrected chi connectivity index (χ1v) is 12.1. The quantitative estimate of drug-likeness (QED) is 0.241. The molecule has 3 unspecified atom stereocenters. The lowest BCUT2D eigenvalue weighted by molar-refractivity contribution is 0.0415. The van der Waals surface area contributed by atoms with Crippen LogP contribution in [0.1, 0.15) is 33.1 Å². The van der Waals surface area contributed by atoms with Gasteiger partial charge in [0.15, 0.2) is 21.7 Å². The van der Waals surface area contributed by atoms with Gasteiger partial charge < -0.3 is 0 Å². The van der Waals surface area contributed by atoms with E-state index < -0.39 is 43.3 Å². The topological polar surface area (TPSA) is 0 Å². The predicted molar refractivity (Wildman–Crippen MR) is 122 cm³/mol. The van der Waals surface area contributed by atoms with Gasteiger partial charge in [0.25, 0.3) is 0 Å². The van der Waals surface area contributed by atoms with Gasteiger partial charge in [-0.3, -0.25) is 0 Å². The van der Waals surface area contributed by atoms with Crippen molar-refractivity contribution >= 4 is 139 Å². The first-order valence-electron chi connectivity index (χ1n) is 7.48. The largest absolute Gasteiger partial charge is 0.185 e. The van der Waals surface area contributed by atoms with Crippen LogP contribution >= 0.6 is 139 Å². The number of fused-ring (bicyclic) bond motifs is 1. The Morgan fingerprint density at radius 2 is 1.08 bits per heavy atom. The number of hydrogen-bond donors (Lipinski definition) is 0. The van der Waals surface area contributed by atoms with Crippen LogP contribution in [-0.4, -0.2) is 31.9 Å². The zero-order valence-electron chi connectivity index (χ0n) is 13.3. The molecule has 0 bridgehead atoms. The van der Waals surface area contributed by atoms with E-state index in [1.807, 2.05) is 0 Å². The van der Waals surface area contributed by atoms with Gasteiger partial charge in [-0.15, -0.1) is 23.2 Å². The Hall–Kier alpha value is 3.48. The fraction of sp³-hybridized carbons (Fsp3) is 1.00. The molecular formula is C14H14Cl12. The Kier molecular flexibility index (Phi) is 7.17. The summed E-state index contributed by atoms with van der Waals surface area (Å²) in [6, 6.07) is 0. The van der Waals surface area contributed by atoms with Gasteiger partial charge in [-0.05, 0) is 18.8 Å². The van der Waals surface area contributed by atoms with Crippen molar-refractivity contribution in [1.82, 2.24) is 0 Å². The van der Waals surface area contributed by atoms with Gasteiger partial charge in [0, 0.05) is 5.41 Å². The van der Waals surface area contributed by atoms with Crippen LogP contribution < -0.4 is 0 Å². The third kappa shape index (κ3) is 2.90. The molecule has 0 aromatic rings. The fourth-order valence-corrected chi connectivity index (χ4v) is 9.03. The van der Waals surface area contributed by atoms with Gasteiger partial charge in [-0.25, -0.2) is 0 Å². The maximum absolute atomic E-state index is 7.04. The molecule has 2 aliphatic rings. The molecule has 26 heavy (non-hydrogen) atoms. The maximum atomic E-state index is 7.04. The van der Waals surface area contributed by atoms with E-state index in [4.69, 9.17) is 139 Å². The molecule has 0 nitrogen and oxygen atoms in total. The maximum Gasteiger partial charge on any atom is 0.185 e. The Bertz CT molecular complexity index is 570. The molecule has 2 aliphatic carbocycles. The highest BCUT2D eigenvalue weighted by atomic mass is 35.6. The highest BCUT2D eigenvalue weighted by molar-refractivity contribution is 6.74. The number of rotatable bonds is 0. The van der Waals surface area contributed by atoms with E-state index in [-0.39, 0.29) is 0 Å². The summed E-state index contributed by atoms with van der Waals surface area (Å²) in [5, 5.41) is -0.844. The molecule has 0 aromatic heterocycles. The number of halogens is 12. The van der Waals surface area contributed by atoms with Crippen molar-refractivity contribution in [2.45, 2.75) is 65.0 Å². The second-order valence-corrected chi connectivity index (χ2v) is 15.1. The highest BCUT2D eigenvalue weighted by Gasteiger charge is 2.86. The van der Waals surface area contributed by atoms with Gasteiger partial charge >= 0.3 is 0 Å². The first-order chi connectivity index (χ1) is 11.3. The fourth-order valence-electron chi connectivity index (χ4n) is 3.86. The molecule has 3 atom stereocenters. The zero-order valence-corrected chi connectivity index (χ0v) is 22.4. The molecular weight excluding hydrogens is 594 g/mol. The van der Waals surface area contributed by atoms with Crippen LogP contribution in [-0.2, 0) is 0 Å². The summed E-state index contributed by atoms with van der Waals surface area (Å²) in [6.45, 7) is 3.45. The Morgan fingerprint density at radius 1 is 0.615 bits per heavy atom. The normalized spacial score (nSPS) is 42.2. The lowest BCUT2D eigenvalue weighted by Gasteiger charge is -2.68. The van der Waals surface area contributed by atoms with Crippen molar-refractivity contribution in [3.63, 3.8) is 0 Å². The smallest absolute Gasteiger partial charge is 0.120 e. The zero-order chi connectivity index (χ0) is 20.8. The summed E-state index contributed by atoms with van der Waals surface area (Å²) < 4.78 is -10.4. The van der Waals surface area contributed by atoms with E-state index in [1.54, 1.807) is 13.8 Å². The molecule has 2 rings (SSSR count). The third-order valence-electron chi connectivity index (χ3n) is 5.63. The standard InChI is InChI=1S/C14H14Cl12/c1-8(2)6-4-3-5-7(15)10(17,18)12(21,22)9(6,16)13(23,24)14(25,26)11(8,19)20/h6-7H,3-5H2,1-2H3. The monoisotopic (exact) mass is 602 g/mol. The van der Waals surface area contributed by atoms with Crippen LogP contribution in [0.25, 0.3) is 0 Å². The van der Waals surface area contributed by atoms with Crippen molar-refractivity contribution in [3.05, 3.63) is 0 Å². The molecule has 0 aliphatic heterocycles. The second-order valence-electron chi connectivity index (χ2n) is 7.31. The molecule has 154 valence electrons. The SMILES string of the molecule is CC1(C)C2CCCC(Cl)C(Cl)(Cl)C(Cl)(Cl)C2(Cl)C(Cl)(Cl)C(Cl)(Cl)C1(Cl)Cl. The molecule has 0 radical (unpaired) electrons. The summed E-state index contributed by atoms with van der Waals surface area (Å²) >= 11 is 79.3. The van der Waals surface area contributed by atoms with Crippen LogP contribution in [0, 0.1) is 11.3 Å². The Morgan fingerprint density at radius 3 is 1.54 bits per heavy atom. The van der Waals surface area contributed by atoms with E-state index in [2.05, 4.69) is 0 Å². The Labute approximate surface area is 213 Å². The lowest BCUT2D eigenvalue weighted by atomic mass is 9.58. The van der Waals surface area contributed by atoms with Gasteiger partial charge in [0.2, 0.25) is 0 Å². The molecule has 0 aromatic carbocycles. The minimum Gasteiger partial charge on any atom is -0.120 e. The van der Waals surface area contributed by atoms with Crippen molar-refractivity contribution in [2.24, 2.45) is 11.3 Å². The molecule has 2 fully saturated rings. The highest BCUT2D eigenvalue weighted by Crippen LogP contribution is 2.79. The van der Waals surface area contributed by atoms with E-state index in [1.165, 1.54) is 0 Å². The molecule has 2 saturated carbocycles. The van der Waals surface area contributed by atoms with Crippen LogP contribution in [0.15, 0.2) is 0 Å². The van der Waals surface area contributed by atoms with Crippen molar-refractivity contribution in [3.8, 4) is 0 Å². The Balaban J connectivity index is 2.90. The third-order valence-corrected chi connectivity index (χ3v) is 14.9. The van der Waals surface area contributed by atoms with E-state index in [0.29, 0.717) is 19.3 Å². The molecule has 0 spiro atoms.